The molecule has 8 nitrogen and oxygen atoms in total. The van der Waals surface area contributed by atoms with Crippen LogP contribution in [0.1, 0.15) is 24.1 Å². The van der Waals surface area contributed by atoms with Crippen LogP contribution in [0.2, 0.25) is 5.02 Å². The Hall–Kier alpha value is -4.24. The number of hydrogen-bond donors (Lipinski definition) is 1. The Morgan fingerprint density at radius 1 is 1.00 bits per heavy atom. The number of hydrogen-bond acceptors (Lipinski definition) is 7. The summed E-state index contributed by atoms with van der Waals surface area (Å²) in [4.78, 5) is 28.0. The van der Waals surface area contributed by atoms with Crippen LogP contribution in [0.15, 0.2) is 60.2 Å². The van der Waals surface area contributed by atoms with Crippen LogP contribution in [0.3, 0.4) is 0 Å². The summed E-state index contributed by atoms with van der Waals surface area (Å²) in [5.74, 6) is -1.88. The Bertz CT molecular complexity index is 1410. The molecule has 1 aliphatic rings. The van der Waals surface area contributed by atoms with E-state index < -0.39 is 29.3 Å². The van der Waals surface area contributed by atoms with E-state index in [1.54, 1.807) is 25.1 Å². The smallest absolute Gasteiger partial charge is 0.300 e. The number of aliphatic hydroxyl groups is 1. The predicted octanol–water partition coefficient (Wildman–Crippen LogP) is 5.53. The molecule has 3 aromatic rings. The Kier molecular flexibility index (Phi) is 7.78. The number of amides is 1. The number of carbonyl (C=O) groups is 2. The molecule has 0 aliphatic carbocycles. The fourth-order valence-corrected chi connectivity index (χ4v) is 4.59. The van der Waals surface area contributed by atoms with Gasteiger partial charge in [-0.2, -0.15) is 0 Å². The van der Waals surface area contributed by atoms with Gasteiger partial charge in [0.2, 0.25) is 5.75 Å². The van der Waals surface area contributed by atoms with Crippen molar-refractivity contribution in [2.45, 2.75) is 13.0 Å². The Balaban J connectivity index is 2.03. The highest BCUT2D eigenvalue weighted by Gasteiger charge is 2.47. The fraction of sp³-hybridized carbons (Fsp3) is 0.214. The highest BCUT2D eigenvalue weighted by Crippen LogP contribution is 2.47. The summed E-state index contributed by atoms with van der Waals surface area (Å²) in [5.41, 5.74) is 0.275. The summed E-state index contributed by atoms with van der Waals surface area (Å²) in [6.07, 6.45) is 0. The molecule has 0 radical (unpaired) electrons. The Morgan fingerprint density at radius 2 is 1.68 bits per heavy atom. The van der Waals surface area contributed by atoms with Gasteiger partial charge in [-0.15, -0.1) is 0 Å². The van der Waals surface area contributed by atoms with E-state index in [1.165, 1.54) is 51.7 Å². The van der Waals surface area contributed by atoms with Gasteiger partial charge in [-0.05, 0) is 61.0 Å². The zero-order chi connectivity index (χ0) is 27.6. The first-order chi connectivity index (χ1) is 18.2. The molecule has 1 atom stereocenters. The minimum absolute atomic E-state index is 0.0901. The Morgan fingerprint density at radius 3 is 2.26 bits per heavy atom. The maximum atomic E-state index is 14.2. The number of nitrogens with zero attached hydrogens (tertiary/aromatic N) is 1. The van der Waals surface area contributed by atoms with Crippen LogP contribution in [0.5, 0.6) is 23.0 Å². The van der Waals surface area contributed by atoms with Crippen molar-refractivity contribution in [1.82, 2.24) is 0 Å². The molecule has 1 heterocycles. The largest absolute Gasteiger partial charge is 0.507 e. The fourth-order valence-electron chi connectivity index (χ4n) is 4.39. The molecule has 3 aromatic carbocycles. The van der Waals surface area contributed by atoms with Crippen LogP contribution in [0, 0.1) is 5.82 Å². The molecule has 1 amide bonds. The van der Waals surface area contributed by atoms with Gasteiger partial charge in [0, 0.05) is 11.3 Å². The lowest BCUT2D eigenvalue weighted by molar-refractivity contribution is -0.132. The number of ether oxygens (including phenoxy) is 4. The van der Waals surface area contributed by atoms with E-state index in [0.717, 1.165) is 11.0 Å². The van der Waals surface area contributed by atoms with Gasteiger partial charge in [-0.25, -0.2) is 4.39 Å². The monoisotopic (exact) mass is 541 g/mol. The molecular weight excluding hydrogens is 517 g/mol. The van der Waals surface area contributed by atoms with Gasteiger partial charge in [0.1, 0.15) is 17.3 Å². The van der Waals surface area contributed by atoms with Crippen LogP contribution >= 0.6 is 11.6 Å². The van der Waals surface area contributed by atoms with Crippen molar-refractivity contribution in [2.75, 3.05) is 32.8 Å². The molecule has 0 spiro atoms. The van der Waals surface area contributed by atoms with Crippen molar-refractivity contribution in [3.05, 3.63) is 82.1 Å². The van der Waals surface area contributed by atoms with Gasteiger partial charge in [0.05, 0.1) is 44.6 Å². The first-order valence-electron chi connectivity index (χ1n) is 11.5. The van der Waals surface area contributed by atoms with E-state index >= 15 is 0 Å². The zero-order valence-corrected chi connectivity index (χ0v) is 21.8. The third kappa shape index (κ3) is 4.72. The molecular formula is C28H25ClFNO7. The summed E-state index contributed by atoms with van der Waals surface area (Å²) in [6.45, 7) is 2.15. The quantitative estimate of drug-likeness (QED) is 0.228. The normalized spacial score (nSPS) is 16.5. The van der Waals surface area contributed by atoms with E-state index in [9.17, 15) is 19.1 Å². The summed E-state index contributed by atoms with van der Waals surface area (Å²) >= 11 is 6.39. The maximum absolute atomic E-state index is 14.2. The van der Waals surface area contributed by atoms with Crippen molar-refractivity contribution < 1.29 is 38.0 Å². The molecule has 10 heteroatoms. The van der Waals surface area contributed by atoms with Crippen LogP contribution in [0.4, 0.5) is 10.1 Å². The SMILES string of the molecule is CCOc1ccc(Cl)c(/C(O)=C2\C(=O)C(=O)N(c3cccc(F)c3)C2c2cc(OC)c(OC)c(OC)c2)c1. The highest BCUT2D eigenvalue weighted by atomic mass is 35.5. The summed E-state index contributed by atoms with van der Waals surface area (Å²) in [5, 5.41) is 11.6. The van der Waals surface area contributed by atoms with Crippen LogP contribution < -0.4 is 23.8 Å². The molecule has 1 saturated heterocycles. The van der Waals surface area contributed by atoms with Crippen molar-refractivity contribution in [3.63, 3.8) is 0 Å². The van der Waals surface area contributed by atoms with Crippen molar-refractivity contribution in [1.29, 1.82) is 0 Å². The van der Waals surface area contributed by atoms with Crippen molar-refractivity contribution >= 4 is 34.7 Å². The second kappa shape index (κ2) is 11.0. The number of rotatable bonds is 8. The molecule has 1 N–H and O–H groups in total. The molecule has 0 bridgehead atoms. The van der Waals surface area contributed by atoms with Crippen LogP contribution in [0.25, 0.3) is 5.76 Å². The maximum Gasteiger partial charge on any atom is 0.300 e. The number of anilines is 1. The molecule has 4 rings (SSSR count). The number of benzene rings is 3. The lowest BCUT2D eigenvalue weighted by Gasteiger charge is -2.26. The first kappa shape index (κ1) is 26.8. The van der Waals surface area contributed by atoms with Gasteiger partial charge >= 0.3 is 0 Å². The van der Waals surface area contributed by atoms with Gasteiger partial charge in [0.15, 0.2) is 11.5 Å². The van der Waals surface area contributed by atoms with Gasteiger partial charge in [-0.1, -0.05) is 17.7 Å². The number of methoxy groups -OCH3 is 3. The minimum atomic E-state index is -1.20. The summed E-state index contributed by atoms with van der Waals surface area (Å²) in [7, 11) is 4.28. The van der Waals surface area contributed by atoms with Crippen LogP contribution in [-0.4, -0.2) is 44.7 Å². The minimum Gasteiger partial charge on any atom is -0.507 e. The third-order valence-corrected chi connectivity index (χ3v) is 6.37. The number of aliphatic hydroxyl groups excluding tert-OH is 1. The molecule has 1 fully saturated rings. The summed E-state index contributed by atoms with van der Waals surface area (Å²) in [6, 6.07) is 11.8. The topological polar surface area (TPSA) is 94.5 Å². The first-order valence-corrected chi connectivity index (χ1v) is 11.9. The van der Waals surface area contributed by atoms with Gasteiger partial charge < -0.3 is 24.1 Å². The molecule has 1 aliphatic heterocycles. The van der Waals surface area contributed by atoms with Crippen molar-refractivity contribution in [2.24, 2.45) is 0 Å². The van der Waals surface area contributed by atoms with Gasteiger partial charge in [0.25, 0.3) is 11.7 Å². The Labute approximate surface area is 223 Å². The molecule has 0 saturated carbocycles. The van der Waals surface area contributed by atoms with Gasteiger partial charge in [-0.3, -0.25) is 14.5 Å². The molecule has 198 valence electrons. The average Bonchev–Trinajstić information content (AvgIpc) is 3.18. The third-order valence-electron chi connectivity index (χ3n) is 6.04. The van der Waals surface area contributed by atoms with E-state index in [-0.39, 0.29) is 39.1 Å². The predicted molar refractivity (Wildman–Crippen MR) is 140 cm³/mol. The van der Waals surface area contributed by atoms with E-state index in [2.05, 4.69) is 0 Å². The van der Waals surface area contributed by atoms with Crippen molar-refractivity contribution in [3.8, 4) is 23.0 Å². The van der Waals surface area contributed by atoms with Crippen LogP contribution in [-0.2, 0) is 9.59 Å². The zero-order valence-electron chi connectivity index (χ0n) is 21.1. The second-order valence-electron chi connectivity index (χ2n) is 8.18. The number of carbonyl (C=O) groups excluding carboxylic acids is 2. The average molecular weight is 542 g/mol. The number of halogens is 2. The molecule has 38 heavy (non-hydrogen) atoms. The molecule has 0 aromatic heterocycles. The van der Waals surface area contributed by atoms with E-state index in [0.29, 0.717) is 17.9 Å². The number of Topliss-reactive ketones (excluding diaryl/α,β-unsaturated/α-hetero) is 1. The number of ketones is 1. The van der Waals surface area contributed by atoms with E-state index in [1.807, 2.05) is 0 Å². The lowest BCUT2D eigenvalue weighted by Crippen LogP contribution is -2.29. The molecule has 1 unspecified atom stereocenters. The lowest BCUT2D eigenvalue weighted by atomic mass is 9.94. The second-order valence-corrected chi connectivity index (χ2v) is 8.59. The standard InChI is InChI=1S/C28H25ClFNO7/c1-5-38-18-9-10-20(29)19(14-18)25(32)23-24(15-11-21(35-2)27(37-4)22(12-15)36-3)31(28(34)26(23)33)17-8-6-7-16(30)13-17/h6-14,24,32H,5H2,1-4H3/b25-23+. The van der Waals surface area contributed by atoms with E-state index in [4.69, 9.17) is 30.5 Å². The highest BCUT2D eigenvalue weighted by molar-refractivity contribution is 6.52. The summed E-state index contributed by atoms with van der Waals surface area (Å²) < 4.78 is 36.1.